The molecule has 1 saturated carbocycles. The van der Waals surface area contributed by atoms with E-state index in [0.717, 1.165) is 37.9 Å². The summed E-state index contributed by atoms with van der Waals surface area (Å²) in [6.45, 7) is 8.29. The largest absolute Gasteiger partial charge is 0.353 e. The molecule has 25 heavy (non-hydrogen) atoms. The van der Waals surface area contributed by atoms with Gasteiger partial charge in [-0.2, -0.15) is 0 Å². The SMILES string of the molecule is C=C1[C@@H](CCOC2CCCCO2)[C@H]1CCCCCCCCCCCC. The quantitative estimate of drug-likeness (QED) is 0.233. The van der Waals surface area contributed by atoms with E-state index < -0.39 is 0 Å². The summed E-state index contributed by atoms with van der Waals surface area (Å²) >= 11 is 0. The lowest BCUT2D eigenvalue weighted by Crippen LogP contribution is -2.22. The van der Waals surface area contributed by atoms with E-state index in [0.29, 0.717) is 0 Å². The van der Waals surface area contributed by atoms with Gasteiger partial charge in [-0.1, -0.05) is 83.3 Å². The molecule has 1 unspecified atom stereocenters. The van der Waals surface area contributed by atoms with Crippen molar-refractivity contribution in [2.45, 2.75) is 110 Å². The van der Waals surface area contributed by atoms with Crippen molar-refractivity contribution in [1.82, 2.24) is 0 Å². The second-order valence-electron chi connectivity index (χ2n) is 8.21. The zero-order chi connectivity index (χ0) is 17.7. The van der Waals surface area contributed by atoms with Crippen molar-refractivity contribution in [3.8, 4) is 0 Å². The lowest BCUT2D eigenvalue weighted by Gasteiger charge is -2.22. The van der Waals surface area contributed by atoms with Gasteiger partial charge in [0, 0.05) is 6.61 Å². The zero-order valence-electron chi connectivity index (χ0n) is 16.8. The van der Waals surface area contributed by atoms with Gasteiger partial charge in [-0.05, 0) is 43.9 Å². The molecule has 1 heterocycles. The van der Waals surface area contributed by atoms with Crippen LogP contribution in [0.25, 0.3) is 0 Å². The van der Waals surface area contributed by atoms with Gasteiger partial charge in [0.2, 0.25) is 0 Å². The fourth-order valence-corrected chi connectivity index (χ4v) is 4.24. The van der Waals surface area contributed by atoms with Crippen molar-refractivity contribution < 1.29 is 9.47 Å². The molecule has 1 saturated heterocycles. The number of ether oxygens (including phenoxy) is 2. The van der Waals surface area contributed by atoms with Crippen molar-refractivity contribution in [3.05, 3.63) is 12.2 Å². The van der Waals surface area contributed by atoms with Gasteiger partial charge in [-0.3, -0.25) is 0 Å². The van der Waals surface area contributed by atoms with E-state index in [2.05, 4.69) is 13.5 Å². The first-order chi connectivity index (χ1) is 12.3. The van der Waals surface area contributed by atoms with Crippen LogP contribution < -0.4 is 0 Å². The molecule has 0 amide bonds. The fourth-order valence-electron chi connectivity index (χ4n) is 4.24. The average Bonchev–Trinajstić information content (AvgIpc) is 3.25. The molecular weight excluding hydrogens is 308 g/mol. The van der Waals surface area contributed by atoms with Crippen LogP contribution in [0.3, 0.4) is 0 Å². The first-order valence-corrected chi connectivity index (χ1v) is 11.2. The Hall–Kier alpha value is -0.340. The molecule has 3 atom stereocenters. The van der Waals surface area contributed by atoms with Crippen molar-refractivity contribution in [2.75, 3.05) is 13.2 Å². The van der Waals surface area contributed by atoms with Crippen LogP contribution in [0.15, 0.2) is 12.2 Å². The highest BCUT2D eigenvalue weighted by atomic mass is 16.7. The Morgan fingerprint density at radius 1 is 0.880 bits per heavy atom. The van der Waals surface area contributed by atoms with Crippen LogP contribution in [-0.4, -0.2) is 19.5 Å². The molecule has 146 valence electrons. The third-order valence-corrected chi connectivity index (χ3v) is 6.07. The topological polar surface area (TPSA) is 18.5 Å². The molecule has 0 radical (unpaired) electrons. The smallest absolute Gasteiger partial charge is 0.157 e. The maximum absolute atomic E-state index is 5.87. The Morgan fingerprint density at radius 2 is 1.52 bits per heavy atom. The van der Waals surface area contributed by atoms with E-state index in [4.69, 9.17) is 9.47 Å². The lowest BCUT2D eigenvalue weighted by atomic mass is 10.0. The molecule has 1 aliphatic heterocycles. The molecule has 2 nitrogen and oxygen atoms in total. The van der Waals surface area contributed by atoms with Crippen LogP contribution in [-0.2, 0) is 9.47 Å². The zero-order valence-corrected chi connectivity index (χ0v) is 16.8. The van der Waals surface area contributed by atoms with Crippen LogP contribution in [0.4, 0.5) is 0 Å². The summed E-state index contributed by atoms with van der Waals surface area (Å²) < 4.78 is 11.5. The molecule has 1 aliphatic carbocycles. The van der Waals surface area contributed by atoms with Crippen molar-refractivity contribution >= 4 is 0 Å². The second-order valence-corrected chi connectivity index (χ2v) is 8.21. The second kappa shape index (κ2) is 12.9. The molecular formula is C23H42O2. The Morgan fingerprint density at radius 3 is 2.16 bits per heavy atom. The van der Waals surface area contributed by atoms with Gasteiger partial charge in [-0.25, -0.2) is 0 Å². The molecule has 2 rings (SSSR count). The summed E-state index contributed by atoms with van der Waals surface area (Å²) in [5, 5.41) is 0. The van der Waals surface area contributed by atoms with E-state index in [9.17, 15) is 0 Å². The van der Waals surface area contributed by atoms with E-state index >= 15 is 0 Å². The fraction of sp³-hybridized carbons (Fsp3) is 0.913. The summed E-state index contributed by atoms with van der Waals surface area (Å²) in [5.41, 5.74) is 1.49. The van der Waals surface area contributed by atoms with Crippen molar-refractivity contribution in [3.63, 3.8) is 0 Å². The van der Waals surface area contributed by atoms with Crippen molar-refractivity contribution in [2.24, 2.45) is 11.8 Å². The summed E-state index contributed by atoms with van der Waals surface area (Å²) in [5.74, 6) is 1.53. The third-order valence-electron chi connectivity index (χ3n) is 6.07. The van der Waals surface area contributed by atoms with Gasteiger partial charge < -0.3 is 9.47 Å². The van der Waals surface area contributed by atoms with Crippen LogP contribution in [0, 0.1) is 11.8 Å². The van der Waals surface area contributed by atoms with Gasteiger partial charge >= 0.3 is 0 Å². The molecule has 0 spiro atoms. The van der Waals surface area contributed by atoms with E-state index in [1.807, 2.05) is 0 Å². The van der Waals surface area contributed by atoms with Gasteiger partial charge in [0.05, 0.1) is 6.61 Å². The molecule has 0 N–H and O–H groups in total. The number of allylic oxidation sites excluding steroid dienone is 1. The van der Waals surface area contributed by atoms with Crippen LogP contribution in [0.2, 0.25) is 0 Å². The molecule has 2 aliphatic rings. The maximum atomic E-state index is 5.87. The van der Waals surface area contributed by atoms with Crippen LogP contribution in [0.5, 0.6) is 0 Å². The molecule has 0 aromatic carbocycles. The highest BCUT2D eigenvalue weighted by Gasteiger charge is 2.40. The number of unbranched alkanes of at least 4 members (excludes halogenated alkanes) is 9. The minimum Gasteiger partial charge on any atom is -0.353 e. The third kappa shape index (κ3) is 8.73. The monoisotopic (exact) mass is 350 g/mol. The highest BCUT2D eigenvalue weighted by Crippen LogP contribution is 2.49. The lowest BCUT2D eigenvalue weighted by molar-refractivity contribution is -0.163. The van der Waals surface area contributed by atoms with Gasteiger partial charge in [-0.15, -0.1) is 0 Å². The van der Waals surface area contributed by atoms with E-state index in [1.165, 1.54) is 89.0 Å². The van der Waals surface area contributed by atoms with E-state index in [-0.39, 0.29) is 6.29 Å². The number of hydrogen-bond acceptors (Lipinski definition) is 2. The average molecular weight is 351 g/mol. The standard InChI is InChI=1S/C23H42O2/c1-3-4-5-6-7-8-9-10-11-12-15-21-20(2)22(21)17-19-25-23-16-13-14-18-24-23/h21-23H,2-19H2,1H3/t21-,22+,23?/m0/s1. The molecule has 2 heteroatoms. The minimum atomic E-state index is 0.0705. The van der Waals surface area contributed by atoms with E-state index in [1.54, 1.807) is 0 Å². The summed E-state index contributed by atoms with van der Waals surface area (Å²) in [7, 11) is 0. The number of rotatable bonds is 15. The Bertz CT molecular complexity index is 346. The Balaban J connectivity index is 1.36. The molecule has 0 bridgehead atoms. The summed E-state index contributed by atoms with van der Waals surface area (Å²) in [4.78, 5) is 0. The molecule has 0 aromatic heterocycles. The van der Waals surface area contributed by atoms with Crippen molar-refractivity contribution in [1.29, 1.82) is 0 Å². The highest BCUT2D eigenvalue weighted by molar-refractivity contribution is 5.25. The summed E-state index contributed by atoms with van der Waals surface area (Å²) in [6, 6.07) is 0. The normalized spacial score (nSPS) is 26.1. The number of hydrogen-bond donors (Lipinski definition) is 0. The first kappa shape index (κ1) is 21.0. The van der Waals surface area contributed by atoms with Crippen LogP contribution >= 0.6 is 0 Å². The van der Waals surface area contributed by atoms with Gasteiger partial charge in [0.15, 0.2) is 6.29 Å². The van der Waals surface area contributed by atoms with Gasteiger partial charge in [0.1, 0.15) is 0 Å². The van der Waals surface area contributed by atoms with Crippen LogP contribution in [0.1, 0.15) is 103 Å². The van der Waals surface area contributed by atoms with Gasteiger partial charge in [0.25, 0.3) is 0 Å². The Kier molecular flexibility index (Phi) is 10.8. The predicted octanol–water partition coefficient (Wildman–Crippen LogP) is 7.03. The molecule has 0 aromatic rings. The summed E-state index contributed by atoms with van der Waals surface area (Å²) in [6.07, 6.45) is 20.4. The predicted molar refractivity (Wildman–Crippen MR) is 107 cm³/mol. The Labute approximate surface area is 156 Å². The minimum absolute atomic E-state index is 0.0705. The maximum Gasteiger partial charge on any atom is 0.157 e. The molecule has 2 fully saturated rings. The first-order valence-electron chi connectivity index (χ1n) is 11.2.